The number of fused-ring (bicyclic) bond motifs is 1. The molecule has 30 heavy (non-hydrogen) atoms. The van der Waals surface area contributed by atoms with Crippen LogP contribution in [0.25, 0.3) is 0 Å². The molecule has 0 N–H and O–H groups in total. The van der Waals surface area contributed by atoms with Crippen LogP contribution in [0.5, 0.6) is 11.5 Å². The molecular weight excluding hydrogens is 452 g/mol. The van der Waals surface area contributed by atoms with Crippen molar-refractivity contribution in [3.05, 3.63) is 57.6 Å². The van der Waals surface area contributed by atoms with E-state index < -0.39 is 0 Å². The van der Waals surface area contributed by atoms with Crippen LogP contribution in [0.3, 0.4) is 0 Å². The van der Waals surface area contributed by atoms with E-state index >= 15 is 0 Å². The number of amides is 3. The van der Waals surface area contributed by atoms with Crippen LogP contribution in [-0.4, -0.2) is 54.8 Å². The highest BCUT2D eigenvalue weighted by Gasteiger charge is 2.35. The molecule has 1 aliphatic rings. The summed E-state index contributed by atoms with van der Waals surface area (Å²) in [5, 5.41) is 0. The highest BCUT2D eigenvalue weighted by atomic mass is 79.9. The summed E-state index contributed by atoms with van der Waals surface area (Å²) in [5.41, 5.74) is 1.63. The molecule has 0 spiro atoms. The normalized spacial score (nSPS) is 12.7. The maximum atomic E-state index is 12.8. The minimum atomic E-state index is -0.368. The van der Waals surface area contributed by atoms with Crippen molar-refractivity contribution in [1.82, 2.24) is 9.80 Å². The van der Waals surface area contributed by atoms with Gasteiger partial charge in [-0.2, -0.15) is 0 Å². The zero-order chi connectivity index (χ0) is 21.8. The Morgan fingerprint density at radius 3 is 2.37 bits per heavy atom. The number of halogens is 1. The van der Waals surface area contributed by atoms with Gasteiger partial charge in [-0.05, 0) is 42.8 Å². The molecule has 0 saturated carbocycles. The Bertz CT molecular complexity index is 991. The number of nitrogens with zero attached hydrogens (tertiary/aromatic N) is 2. The highest BCUT2D eigenvalue weighted by Crippen LogP contribution is 2.28. The Kier molecular flexibility index (Phi) is 6.77. The molecule has 2 aromatic carbocycles. The molecule has 0 fully saturated rings. The standard InChI is InChI=1S/C22H23BrN2O5/c1-4-24(13-14-5-8-18(29-2)19(11-14)30-3)20(26)9-10-25-21(27)16-7-6-15(23)12-17(16)22(25)28/h5-8,11-12H,4,9-10,13H2,1-3H3. The van der Waals surface area contributed by atoms with E-state index in [1.165, 1.54) is 0 Å². The summed E-state index contributed by atoms with van der Waals surface area (Å²) in [6.07, 6.45) is 0.0633. The molecule has 1 heterocycles. The number of benzene rings is 2. The molecule has 0 saturated heterocycles. The van der Waals surface area contributed by atoms with Crippen LogP contribution in [0, 0.1) is 0 Å². The number of ether oxygens (including phenoxy) is 2. The van der Waals surface area contributed by atoms with Gasteiger partial charge in [-0.1, -0.05) is 22.0 Å². The minimum Gasteiger partial charge on any atom is -0.493 e. The molecule has 3 rings (SSSR count). The van der Waals surface area contributed by atoms with E-state index in [2.05, 4.69) is 15.9 Å². The predicted octanol–water partition coefficient (Wildman–Crippen LogP) is 3.50. The Hall–Kier alpha value is -2.87. The van der Waals surface area contributed by atoms with Crippen molar-refractivity contribution in [3.8, 4) is 11.5 Å². The molecule has 8 heteroatoms. The quantitative estimate of drug-likeness (QED) is 0.547. The van der Waals surface area contributed by atoms with Gasteiger partial charge in [-0.15, -0.1) is 0 Å². The van der Waals surface area contributed by atoms with Crippen molar-refractivity contribution in [1.29, 1.82) is 0 Å². The van der Waals surface area contributed by atoms with Gasteiger partial charge in [-0.3, -0.25) is 19.3 Å². The van der Waals surface area contributed by atoms with Gasteiger partial charge in [0.2, 0.25) is 5.91 Å². The molecule has 0 aromatic heterocycles. The summed E-state index contributed by atoms with van der Waals surface area (Å²) in [4.78, 5) is 40.7. The van der Waals surface area contributed by atoms with Gasteiger partial charge in [0.15, 0.2) is 11.5 Å². The lowest BCUT2D eigenvalue weighted by Crippen LogP contribution is -2.36. The van der Waals surface area contributed by atoms with Crippen molar-refractivity contribution in [2.75, 3.05) is 27.3 Å². The third kappa shape index (κ3) is 4.33. The van der Waals surface area contributed by atoms with E-state index in [1.807, 2.05) is 19.1 Å². The maximum absolute atomic E-state index is 12.8. The van der Waals surface area contributed by atoms with Crippen molar-refractivity contribution in [2.45, 2.75) is 19.9 Å². The van der Waals surface area contributed by atoms with Crippen LogP contribution in [0.15, 0.2) is 40.9 Å². The molecule has 0 unspecified atom stereocenters. The number of hydrogen-bond donors (Lipinski definition) is 0. The molecule has 1 aliphatic heterocycles. The Balaban J connectivity index is 1.65. The Labute approximate surface area is 183 Å². The second-order valence-electron chi connectivity index (χ2n) is 6.80. The van der Waals surface area contributed by atoms with E-state index in [9.17, 15) is 14.4 Å². The van der Waals surface area contributed by atoms with E-state index in [0.29, 0.717) is 35.7 Å². The second-order valence-corrected chi connectivity index (χ2v) is 7.71. The van der Waals surface area contributed by atoms with Gasteiger partial charge in [0.05, 0.1) is 25.3 Å². The van der Waals surface area contributed by atoms with Crippen LogP contribution in [-0.2, 0) is 11.3 Å². The van der Waals surface area contributed by atoms with Gasteiger partial charge in [0.1, 0.15) is 0 Å². The summed E-state index contributed by atoms with van der Waals surface area (Å²) in [7, 11) is 3.13. The number of methoxy groups -OCH3 is 2. The van der Waals surface area contributed by atoms with Gasteiger partial charge in [0.25, 0.3) is 11.8 Å². The number of hydrogen-bond acceptors (Lipinski definition) is 5. The van der Waals surface area contributed by atoms with E-state index in [0.717, 1.165) is 14.9 Å². The number of carbonyl (C=O) groups excluding carboxylic acids is 3. The lowest BCUT2D eigenvalue weighted by atomic mass is 10.1. The largest absolute Gasteiger partial charge is 0.493 e. The third-order valence-electron chi connectivity index (χ3n) is 5.04. The predicted molar refractivity (Wildman–Crippen MR) is 115 cm³/mol. The van der Waals surface area contributed by atoms with Crippen LogP contribution in [0.2, 0.25) is 0 Å². The maximum Gasteiger partial charge on any atom is 0.261 e. The lowest BCUT2D eigenvalue weighted by molar-refractivity contribution is -0.131. The Morgan fingerprint density at radius 2 is 1.70 bits per heavy atom. The van der Waals surface area contributed by atoms with Crippen LogP contribution in [0.1, 0.15) is 39.6 Å². The topological polar surface area (TPSA) is 76.2 Å². The zero-order valence-corrected chi connectivity index (χ0v) is 18.7. The van der Waals surface area contributed by atoms with E-state index in [-0.39, 0.29) is 30.7 Å². The van der Waals surface area contributed by atoms with Crippen LogP contribution in [0.4, 0.5) is 0 Å². The molecule has 0 bridgehead atoms. The summed E-state index contributed by atoms with van der Waals surface area (Å²) in [5.74, 6) is 0.346. The average Bonchev–Trinajstić information content (AvgIpc) is 2.99. The van der Waals surface area contributed by atoms with Crippen LogP contribution >= 0.6 is 15.9 Å². The second kappa shape index (κ2) is 9.30. The van der Waals surface area contributed by atoms with Gasteiger partial charge in [-0.25, -0.2) is 0 Å². The third-order valence-corrected chi connectivity index (χ3v) is 5.53. The van der Waals surface area contributed by atoms with Crippen molar-refractivity contribution in [2.24, 2.45) is 0 Å². The Morgan fingerprint density at radius 1 is 1.00 bits per heavy atom. The zero-order valence-electron chi connectivity index (χ0n) is 17.1. The summed E-state index contributed by atoms with van der Waals surface area (Å²) in [6, 6.07) is 10.5. The van der Waals surface area contributed by atoms with E-state index in [4.69, 9.17) is 9.47 Å². The van der Waals surface area contributed by atoms with Crippen molar-refractivity contribution >= 4 is 33.7 Å². The first-order valence-electron chi connectivity index (χ1n) is 9.54. The molecule has 2 aromatic rings. The molecule has 3 amide bonds. The first-order chi connectivity index (χ1) is 14.4. The van der Waals surface area contributed by atoms with Crippen LogP contribution < -0.4 is 9.47 Å². The summed E-state index contributed by atoms with van der Waals surface area (Å²) in [6.45, 7) is 2.83. The first kappa shape index (κ1) is 21.8. The van der Waals surface area contributed by atoms with Gasteiger partial charge in [0, 0.05) is 30.5 Å². The fourth-order valence-corrected chi connectivity index (χ4v) is 3.77. The fraction of sp³-hybridized carbons (Fsp3) is 0.318. The van der Waals surface area contributed by atoms with E-state index in [1.54, 1.807) is 43.4 Å². The number of rotatable bonds is 8. The average molecular weight is 475 g/mol. The summed E-state index contributed by atoms with van der Waals surface area (Å²) >= 11 is 3.31. The lowest BCUT2D eigenvalue weighted by Gasteiger charge is -2.23. The number of carbonyl (C=O) groups is 3. The molecular formula is C22H23BrN2O5. The minimum absolute atomic E-state index is 0.0469. The molecule has 7 nitrogen and oxygen atoms in total. The molecule has 0 aliphatic carbocycles. The molecule has 0 atom stereocenters. The first-order valence-corrected chi connectivity index (χ1v) is 10.3. The smallest absolute Gasteiger partial charge is 0.261 e. The number of imide groups is 1. The van der Waals surface area contributed by atoms with Crippen molar-refractivity contribution in [3.63, 3.8) is 0 Å². The van der Waals surface area contributed by atoms with Gasteiger partial charge >= 0.3 is 0 Å². The van der Waals surface area contributed by atoms with Gasteiger partial charge < -0.3 is 14.4 Å². The molecule has 158 valence electrons. The highest BCUT2D eigenvalue weighted by molar-refractivity contribution is 9.10. The molecule has 0 radical (unpaired) electrons. The van der Waals surface area contributed by atoms with Crippen molar-refractivity contribution < 1.29 is 23.9 Å². The SMILES string of the molecule is CCN(Cc1ccc(OC)c(OC)c1)C(=O)CCN1C(=O)c2ccc(Br)cc2C1=O. The summed E-state index contributed by atoms with van der Waals surface area (Å²) < 4.78 is 11.3. The monoisotopic (exact) mass is 474 g/mol. The fourth-order valence-electron chi connectivity index (χ4n) is 3.41.